The molecule has 1 aromatic heterocycles. The number of amides is 1. The molecule has 0 saturated heterocycles. The largest absolute Gasteiger partial charge is 0.497 e. The van der Waals surface area contributed by atoms with Gasteiger partial charge in [0, 0.05) is 18.5 Å². The lowest BCUT2D eigenvalue weighted by Gasteiger charge is -2.02. The molecule has 0 radical (unpaired) electrons. The van der Waals surface area contributed by atoms with Crippen molar-refractivity contribution < 1.29 is 17.9 Å². The molecule has 3 aromatic rings. The van der Waals surface area contributed by atoms with Crippen LogP contribution in [0.25, 0.3) is 10.2 Å². The van der Waals surface area contributed by atoms with Crippen molar-refractivity contribution in [3.05, 3.63) is 52.3 Å². The number of halogens is 1. The molecule has 0 saturated carbocycles. The van der Waals surface area contributed by atoms with Gasteiger partial charge in [-0.05, 0) is 42.5 Å². The molecule has 27 heavy (non-hydrogen) atoms. The number of hydrogen-bond donors (Lipinski definition) is 0. The van der Waals surface area contributed by atoms with Gasteiger partial charge in [-0.15, -0.1) is 0 Å². The fourth-order valence-corrected chi connectivity index (χ4v) is 4.91. The lowest BCUT2D eigenvalue weighted by Crippen LogP contribution is -2.15. The van der Waals surface area contributed by atoms with Crippen LogP contribution in [0, 0.1) is 0 Å². The Morgan fingerprint density at radius 3 is 2.59 bits per heavy atom. The molecule has 1 heterocycles. The van der Waals surface area contributed by atoms with Crippen LogP contribution in [0.1, 0.15) is 6.42 Å². The molecule has 2 aromatic carbocycles. The smallest absolute Gasteiger partial charge is 0.249 e. The first-order valence-corrected chi connectivity index (χ1v) is 10.8. The van der Waals surface area contributed by atoms with Crippen molar-refractivity contribution in [2.24, 2.45) is 12.0 Å². The van der Waals surface area contributed by atoms with Crippen molar-refractivity contribution in [2.45, 2.75) is 11.3 Å². The number of methoxy groups -OCH3 is 1. The minimum absolute atomic E-state index is 0.138. The molecule has 0 aliphatic heterocycles. The molecule has 1 amide bonds. The van der Waals surface area contributed by atoms with E-state index in [1.165, 1.54) is 35.6 Å². The van der Waals surface area contributed by atoms with Crippen LogP contribution in [-0.2, 0) is 21.7 Å². The second-order valence-electron chi connectivity index (χ2n) is 5.81. The number of carbonyl (C=O) groups is 1. The molecule has 0 unspecified atom stereocenters. The van der Waals surface area contributed by atoms with Crippen LogP contribution in [0.3, 0.4) is 0 Å². The number of fused-ring (bicyclic) bond motifs is 1. The summed E-state index contributed by atoms with van der Waals surface area (Å²) in [5.74, 6) is -0.0719. The van der Waals surface area contributed by atoms with E-state index in [0.717, 1.165) is 16.0 Å². The normalized spacial score (nSPS) is 12.5. The molecule has 142 valence electrons. The van der Waals surface area contributed by atoms with Crippen LogP contribution in [-0.4, -0.2) is 31.8 Å². The minimum Gasteiger partial charge on any atom is -0.497 e. The van der Waals surface area contributed by atoms with Crippen molar-refractivity contribution in [1.29, 1.82) is 0 Å². The van der Waals surface area contributed by atoms with Gasteiger partial charge >= 0.3 is 0 Å². The van der Waals surface area contributed by atoms with E-state index < -0.39 is 15.7 Å². The topological polar surface area (TPSA) is 77.7 Å². The minimum atomic E-state index is -3.57. The Labute approximate surface area is 165 Å². The van der Waals surface area contributed by atoms with Crippen molar-refractivity contribution >= 4 is 48.9 Å². The van der Waals surface area contributed by atoms with Gasteiger partial charge in [0.05, 0.1) is 28.0 Å². The summed E-state index contributed by atoms with van der Waals surface area (Å²) in [6.07, 6.45) is -0.192. The molecule has 0 aliphatic rings. The average molecular weight is 425 g/mol. The maximum atomic E-state index is 12.3. The summed E-state index contributed by atoms with van der Waals surface area (Å²) in [5, 5.41) is 0.453. The second kappa shape index (κ2) is 7.84. The number of thiazole rings is 1. The van der Waals surface area contributed by atoms with Crippen LogP contribution < -0.4 is 9.54 Å². The van der Waals surface area contributed by atoms with Gasteiger partial charge in [-0.1, -0.05) is 22.9 Å². The highest BCUT2D eigenvalue weighted by molar-refractivity contribution is 7.91. The maximum absolute atomic E-state index is 12.3. The van der Waals surface area contributed by atoms with E-state index in [2.05, 4.69) is 4.99 Å². The monoisotopic (exact) mass is 424 g/mol. The number of benzene rings is 2. The fraction of sp³-hybridized carbons (Fsp3) is 0.222. The van der Waals surface area contributed by atoms with Crippen molar-refractivity contribution in [2.75, 3.05) is 12.9 Å². The summed E-state index contributed by atoms with van der Waals surface area (Å²) in [6.45, 7) is 0. The third-order valence-electron chi connectivity index (χ3n) is 3.99. The van der Waals surface area contributed by atoms with E-state index in [1.54, 1.807) is 11.7 Å². The average Bonchev–Trinajstić information content (AvgIpc) is 2.95. The molecule has 0 atom stereocenters. The number of rotatable bonds is 5. The second-order valence-corrected chi connectivity index (χ2v) is 9.36. The Morgan fingerprint density at radius 1 is 1.22 bits per heavy atom. The number of hydrogen-bond acceptors (Lipinski definition) is 5. The Bertz CT molecular complexity index is 1160. The van der Waals surface area contributed by atoms with Gasteiger partial charge in [0.2, 0.25) is 5.91 Å². The number of aromatic nitrogens is 1. The van der Waals surface area contributed by atoms with Crippen molar-refractivity contribution in [3.8, 4) is 5.75 Å². The Balaban J connectivity index is 1.79. The Hall–Kier alpha value is -2.16. The number of carbonyl (C=O) groups excluding carboxylic acids is 1. The zero-order chi connectivity index (χ0) is 19.6. The summed E-state index contributed by atoms with van der Waals surface area (Å²) in [4.78, 5) is 16.9. The van der Waals surface area contributed by atoms with E-state index in [9.17, 15) is 13.2 Å². The fourth-order valence-electron chi connectivity index (χ4n) is 2.49. The molecule has 6 nitrogen and oxygen atoms in total. The zero-order valence-corrected chi connectivity index (χ0v) is 17.1. The standard InChI is InChI=1S/C18H17ClN2O4S2/c1-21-15-8-5-13(25-2)11-16(15)26-18(21)20-17(22)9-10-27(23,24)14-6-3-12(19)4-7-14/h3-8,11H,9-10H2,1-2H3. The summed E-state index contributed by atoms with van der Waals surface area (Å²) in [5.41, 5.74) is 0.918. The highest BCUT2D eigenvalue weighted by Crippen LogP contribution is 2.22. The number of ether oxygens (including phenoxy) is 1. The van der Waals surface area contributed by atoms with Gasteiger partial charge in [-0.25, -0.2) is 8.42 Å². The number of sulfone groups is 1. The first kappa shape index (κ1) is 19.6. The summed E-state index contributed by atoms with van der Waals surface area (Å²) in [7, 11) is -0.172. The molecule has 0 spiro atoms. The zero-order valence-electron chi connectivity index (χ0n) is 14.7. The predicted molar refractivity (Wildman–Crippen MR) is 106 cm³/mol. The molecule has 0 fully saturated rings. The summed E-state index contributed by atoms with van der Waals surface area (Å²) >= 11 is 7.12. The highest BCUT2D eigenvalue weighted by atomic mass is 35.5. The van der Waals surface area contributed by atoms with Crippen LogP contribution in [0.5, 0.6) is 5.75 Å². The van der Waals surface area contributed by atoms with Gasteiger partial charge in [0.15, 0.2) is 14.6 Å². The SMILES string of the molecule is COc1ccc2c(c1)sc(=NC(=O)CCS(=O)(=O)c1ccc(Cl)cc1)n2C. The van der Waals surface area contributed by atoms with Gasteiger partial charge in [-0.2, -0.15) is 4.99 Å². The first-order valence-electron chi connectivity index (χ1n) is 7.99. The molecule has 0 aliphatic carbocycles. The predicted octanol–water partition coefficient (Wildman–Crippen LogP) is 3.19. The van der Waals surface area contributed by atoms with Crippen LogP contribution >= 0.6 is 22.9 Å². The summed E-state index contributed by atoms with van der Waals surface area (Å²) < 4.78 is 32.6. The van der Waals surface area contributed by atoms with Crippen molar-refractivity contribution in [3.63, 3.8) is 0 Å². The number of nitrogens with zero attached hydrogens (tertiary/aromatic N) is 2. The summed E-state index contributed by atoms with van der Waals surface area (Å²) in [6, 6.07) is 11.5. The first-order chi connectivity index (χ1) is 12.8. The van der Waals surface area contributed by atoms with Crippen molar-refractivity contribution in [1.82, 2.24) is 4.57 Å². The van der Waals surface area contributed by atoms with E-state index in [1.807, 2.05) is 25.2 Å². The molecular formula is C18H17ClN2O4S2. The van der Waals surface area contributed by atoms with Gasteiger partial charge in [0.25, 0.3) is 0 Å². The van der Waals surface area contributed by atoms with E-state index in [4.69, 9.17) is 16.3 Å². The van der Waals surface area contributed by atoms with Gasteiger partial charge in [0.1, 0.15) is 5.75 Å². The lowest BCUT2D eigenvalue weighted by atomic mass is 10.3. The Morgan fingerprint density at radius 2 is 1.93 bits per heavy atom. The van der Waals surface area contributed by atoms with Gasteiger partial charge in [-0.3, -0.25) is 4.79 Å². The molecular weight excluding hydrogens is 408 g/mol. The number of aryl methyl sites for hydroxylation is 1. The van der Waals surface area contributed by atoms with E-state index in [0.29, 0.717) is 9.82 Å². The van der Waals surface area contributed by atoms with Crippen LogP contribution in [0.2, 0.25) is 5.02 Å². The molecule has 3 rings (SSSR count). The van der Waals surface area contributed by atoms with Crippen LogP contribution in [0.4, 0.5) is 0 Å². The quantitative estimate of drug-likeness (QED) is 0.630. The van der Waals surface area contributed by atoms with E-state index >= 15 is 0 Å². The molecule has 9 heteroatoms. The Kier molecular flexibility index (Phi) is 5.69. The van der Waals surface area contributed by atoms with Crippen LogP contribution in [0.15, 0.2) is 52.4 Å². The molecule has 0 N–H and O–H groups in total. The molecule has 0 bridgehead atoms. The lowest BCUT2D eigenvalue weighted by molar-refractivity contribution is -0.117. The highest BCUT2D eigenvalue weighted by Gasteiger charge is 2.16. The maximum Gasteiger partial charge on any atom is 0.249 e. The third kappa shape index (κ3) is 4.40. The third-order valence-corrected chi connectivity index (χ3v) is 7.07. The van der Waals surface area contributed by atoms with E-state index in [-0.39, 0.29) is 17.1 Å². The van der Waals surface area contributed by atoms with Gasteiger partial charge < -0.3 is 9.30 Å².